The quantitative estimate of drug-likeness (QED) is 0.846. The lowest BCUT2D eigenvalue weighted by molar-refractivity contribution is 0.0498. The Morgan fingerprint density at radius 2 is 2.18 bits per heavy atom. The Hall–Kier alpha value is -0.450. The monoisotopic (exact) mass is 303 g/mol. The minimum absolute atomic E-state index is 0.258. The zero-order valence-electron chi connectivity index (χ0n) is 10.3. The van der Waals surface area contributed by atoms with Gasteiger partial charge in [0.2, 0.25) is 0 Å². The summed E-state index contributed by atoms with van der Waals surface area (Å²) in [4.78, 5) is 0. The smallest absolute Gasteiger partial charge is 0.137 e. The summed E-state index contributed by atoms with van der Waals surface area (Å²) in [5.41, 5.74) is 0.317. The summed E-state index contributed by atoms with van der Waals surface area (Å²) in [7, 11) is 0. The van der Waals surface area contributed by atoms with Crippen LogP contribution in [0.2, 0.25) is 0 Å². The molecule has 0 spiro atoms. The van der Waals surface area contributed by atoms with Gasteiger partial charge in [0.1, 0.15) is 5.82 Å². The summed E-state index contributed by atoms with van der Waals surface area (Å²) < 4.78 is 13.5. The van der Waals surface area contributed by atoms with Gasteiger partial charge in [0, 0.05) is 13.1 Å². The fourth-order valence-electron chi connectivity index (χ4n) is 1.75. The van der Waals surface area contributed by atoms with Gasteiger partial charge in [0.15, 0.2) is 0 Å². The Labute approximate surface area is 110 Å². The normalized spacial score (nSPS) is 14.6. The van der Waals surface area contributed by atoms with E-state index in [-0.39, 0.29) is 5.82 Å². The maximum absolute atomic E-state index is 13.0. The van der Waals surface area contributed by atoms with E-state index in [1.807, 2.05) is 13.8 Å². The van der Waals surface area contributed by atoms with Gasteiger partial charge in [-0.2, -0.15) is 0 Å². The predicted octanol–water partition coefficient (Wildman–Crippen LogP) is 3.23. The average molecular weight is 304 g/mol. The fraction of sp³-hybridized carbons (Fsp3) is 0.538. The van der Waals surface area contributed by atoms with Crippen molar-refractivity contribution in [3.63, 3.8) is 0 Å². The minimum atomic E-state index is -0.675. The second-order valence-corrected chi connectivity index (χ2v) is 5.45. The van der Waals surface area contributed by atoms with E-state index in [9.17, 15) is 9.50 Å². The number of hydrogen-bond acceptors (Lipinski definition) is 2. The van der Waals surface area contributed by atoms with Gasteiger partial charge in [0.05, 0.1) is 10.1 Å². The molecule has 0 radical (unpaired) electrons. The molecule has 0 saturated heterocycles. The molecule has 0 amide bonds. The third kappa shape index (κ3) is 5.15. The Balaban J connectivity index is 2.43. The second kappa shape index (κ2) is 6.47. The van der Waals surface area contributed by atoms with Crippen molar-refractivity contribution < 1.29 is 9.50 Å². The first kappa shape index (κ1) is 14.6. The molecule has 2 N–H and O–H groups in total. The maximum Gasteiger partial charge on any atom is 0.137 e. The summed E-state index contributed by atoms with van der Waals surface area (Å²) in [5.74, 6) is -0.258. The Bertz CT molecular complexity index is 368. The van der Waals surface area contributed by atoms with Gasteiger partial charge in [-0.3, -0.25) is 0 Å². The van der Waals surface area contributed by atoms with Gasteiger partial charge in [-0.1, -0.05) is 19.4 Å². The first-order valence-corrected chi connectivity index (χ1v) is 6.61. The first-order valence-electron chi connectivity index (χ1n) is 5.81. The molecule has 0 bridgehead atoms. The van der Waals surface area contributed by atoms with Gasteiger partial charge in [-0.15, -0.1) is 0 Å². The first-order chi connectivity index (χ1) is 7.94. The third-order valence-corrected chi connectivity index (χ3v) is 3.22. The summed E-state index contributed by atoms with van der Waals surface area (Å²) in [6, 6.07) is 4.92. The van der Waals surface area contributed by atoms with Crippen molar-refractivity contribution in [2.24, 2.45) is 0 Å². The van der Waals surface area contributed by atoms with E-state index in [4.69, 9.17) is 0 Å². The van der Waals surface area contributed by atoms with Crippen LogP contribution < -0.4 is 5.32 Å². The molecule has 0 heterocycles. The highest BCUT2D eigenvalue weighted by molar-refractivity contribution is 9.10. The topological polar surface area (TPSA) is 32.3 Å². The van der Waals surface area contributed by atoms with Crippen LogP contribution in [0.25, 0.3) is 0 Å². The van der Waals surface area contributed by atoms with E-state index in [2.05, 4.69) is 21.2 Å². The Morgan fingerprint density at radius 3 is 2.76 bits per heavy atom. The van der Waals surface area contributed by atoms with Gasteiger partial charge >= 0.3 is 0 Å². The zero-order chi connectivity index (χ0) is 12.9. The minimum Gasteiger partial charge on any atom is -0.389 e. The SMILES string of the molecule is CCCC(C)(O)CNCc1ccc(F)c(Br)c1. The van der Waals surface area contributed by atoms with E-state index in [1.54, 1.807) is 12.1 Å². The van der Waals surface area contributed by atoms with Crippen LogP contribution in [0.1, 0.15) is 32.3 Å². The van der Waals surface area contributed by atoms with Crippen molar-refractivity contribution in [3.05, 3.63) is 34.1 Å². The van der Waals surface area contributed by atoms with Crippen LogP contribution in [0.3, 0.4) is 0 Å². The third-order valence-electron chi connectivity index (χ3n) is 2.61. The highest BCUT2D eigenvalue weighted by Crippen LogP contribution is 2.17. The van der Waals surface area contributed by atoms with Crippen LogP contribution in [0, 0.1) is 5.82 Å². The lowest BCUT2D eigenvalue weighted by Crippen LogP contribution is -2.37. The summed E-state index contributed by atoms with van der Waals surface area (Å²) in [6.45, 7) is 5.03. The molecule has 4 heteroatoms. The van der Waals surface area contributed by atoms with E-state index in [0.29, 0.717) is 17.6 Å². The van der Waals surface area contributed by atoms with Crippen LogP contribution in [-0.4, -0.2) is 17.3 Å². The highest BCUT2D eigenvalue weighted by Gasteiger charge is 2.17. The van der Waals surface area contributed by atoms with E-state index in [0.717, 1.165) is 18.4 Å². The van der Waals surface area contributed by atoms with Crippen molar-refractivity contribution >= 4 is 15.9 Å². The van der Waals surface area contributed by atoms with Crippen LogP contribution in [-0.2, 0) is 6.54 Å². The molecule has 0 aliphatic heterocycles. The molecule has 0 aliphatic rings. The molecule has 0 aromatic heterocycles. The van der Waals surface area contributed by atoms with Crippen molar-refractivity contribution in [2.75, 3.05) is 6.54 Å². The number of benzene rings is 1. The van der Waals surface area contributed by atoms with Crippen molar-refractivity contribution in [3.8, 4) is 0 Å². The average Bonchev–Trinajstić information content (AvgIpc) is 2.23. The summed E-state index contributed by atoms with van der Waals surface area (Å²) >= 11 is 3.15. The van der Waals surface area contributed by atoms with E-state index < -0.39 is 5.60 Å². The summed E-state index contributed by atoms with van der Waals surface area (Å²) in [5, 5.41) is 13.1. The fourth-order valence-corrected chi connectivity index (χ4v) is 2.18. The summed E-state index contributed by atoms with van der Waals surface area (Å²) in [6.07, 6.45) is 1.73. The molecule has 1 atom stereocenters. The van der Waals surface area contributed by atoms with Crippen LogP contribution in [0.4, 0.5) is 4.39 Å². The highest BCUT2D eigenvalue weighted by atomic mass is 79.9. The molecular formula is C13H19BrFNO. The van der Waals surface area contributed by atoms with E-state index >= 15 is 0 Å². The number of hydrogen-bond donors (Lipinski definition) is 2. The molecular weight excluding hydrogens is 285 g/mol. The van der Waals surface area contributed by atoms with Crippen LogP contribution >= 0.6 is 15.9 Å². The lowest BCUT2D eigenvalue weighted by atomic mass is 10.0. The number of aliphatic hydroxyl groups is 1. The van der Waals surface area contributed by atoms with E-state index in [1.165, 1.54) is 6.07 Å². The second-order valence-electron chi connectivity index (χ2n) is 4.60. The van der Waals surface area contributed by atoms with Crippen LogP contribution in [0.15, 0.2) is 22.7 Å². The standard InChI is InChI=1S/C13H19BrFNO/c1-3-6-13(2,17)9-16-8-10-4-5-12(15)11(14)7-10/h4-5,7,16-17H,3,6,8-9H2,1-2H3. The van der Waals surface area contributed by atoms with Gasteiger partial charge in [0.25, 0.3) is 0 Å². The zero-order valence-corrected chi connectivity index (χ0v) is 11.8. The van der Waals surface area contributed by atoms with Crippen LogP contribution in [0.5, 0.6) is 0 Å². The maximum atomic E-state index is 13.0. The molecule has 1 aromatic rings. The van der Waals surface area contributed by atoms with Gasteiger partial charge in [-0.05, 0) is 47.0 Å². The molecule has 0 saturated carbocycles. The number of halogens is 2. The van der Waals surface area contributed by atoms with Crippen molar-refractivity contribution in [1.29, 1.82) is 0 Å². The lowest BCUT2D eigenvalue weighted by Gasteiger charge is -2.23. The largest absolute Gasteiger partial charge is 0.389 e. The molecule has 1 aromatic carbocycles. The number of nitrogens with one attached hydrogen (secondary N) is 1. The molecule has 96 valence electrons. The molecule has 1 unspecified atom stereocenters. The van der Waals surface area contributed by atoms with Gasteiger partial charge in [-0.25, -0.2) is 4.39 Å². The number of rotatable bonds is 6. The molecule has 17 heavy (non-hydrogen) atoms. The molecule has 1 rings (SSSR count). The Kier molecular flexibility index (Phi) is 5.56. The predicted molar refractivity (Wildman–Crippen MR) is 71.3 cm³/mol. The Morgan fingerprint density at radius 1 is 1.47 bits per heavy atom. The molecule has 0 aliphatic carbocycles. The molecule has 0 fully saturated rings. The molecule has 2 nitrogen and oxygen atoms in total. The van der Waals surface area contributed by atoms with Gasteiger partial charge < -0.3 is 10.4 Å². The van der Waals surface area contributed by atoms with Crippen molar-refractivity contribution in [1.82, 2.24) is 5.32 Å². The van der Waals surface area contributed by atoms with Crippen molar-refractivity contribution in [2.45, 2.75) is 38.8 Å².